The number of hydrogen-bond acceptors (Lipinski definition) is 6. The summed E-state index contributed by atoms with van der Waals surface area (Å²) in [4.78, 5) is 10.4. The number of aromatic amines is 1. The van der Waals surface area contributed by atoms with Crippen LogP contribution in [0.25, 0.3) is 11.0 Å². The third kappa shape index (κ3) is 1.81. The van der Waals surface area contributed by atoms with Gasteiger partial charge in [-0.3, -0.25) is 5.10 Å². The van der Waals surface area contributed by atoms with Gasteiger partial charge >= 0.3 is 0 Å². The zero-order valence-electron chi connectivity index (χ0n) is 9.82. The van der Waals surface area contributed by atoms with Crippen molar-refractivity contribution in [2.45, 2.75) is 12.5 Å². The van der Waals surface area contributed by atoms with Crippen LogP contribution in [0.4, 0.5) is 5.82 Å². The molecule has 0 unspecified atom stereocenters. The number of aliphatic hydroxyl groups excluding tert-OH is 2. The highest BCUT2D eigenvalue weighted by molar-refractivity contribution is 5.86. The van der Waals surface area contributed by atoms with Crippen LogP contribution in [-0.4, -0.2) is 56.2 Å². The maximum absolute atomic E-state index is 9.77. The first-order valence-corrected chi connectivity index (χ1v) is 5.97. The molecule has 0 aromatic carbocycles. The van der Waals surface area contributed by atoms with E-state index in [2.05, 4.69) is 25.1 Å². The van der Waals surface area contributed by atoms with E-state index in [1.54, 1.807) is 6.20 Å². The fourth-order valence-electron chi connectivity index (χ4n) is 2.40. The molecule has 0 radical (unpaired) electrons. The zero-order valence-corrected chi connectivity index (χ0v) is 9.82. The molecule has 0 amide bonds. The minimum atomic E-state index is -0.437. The molecule has 18 heavy (non-hydrogen) atoms. The molecule has 0 spiro atoms. The molecule has 3 heterocycles. The molecule has 0 bridgehead atoms. The van der Waals surface area contributed by atoms with Crippen molar-refractivity contribution in [2.24, 2.45) is 5.92 Å². The maximum atomic E-state index is 9.77. The van der Waals surface area contributed by atoms with Gasteiger partial charge in [-0.25, -0.2) is 9.97 Å². The van der Waals surface area contributed by atoms with Crippen molar-refractivity contribution in [1.29, 1.82) is 0 Å². The Balaban J connectivity index is 1.93. The third-order valence-corrected chi connectivity index (χ3v) is 3.45. The Morgan fingerprint density at radius 3 is 3.17 bits per heavy atom. The van der Waals surface area contributed by atoms with Crippen LogP contribution in [0, 0.1) is 5.92 Å². The van der Waals surface area contributed by atoms with Gasteiger partial charge < -0.3 is 15.1 Å². The van der Waals surface area contributed by atoms with Crippen LogP contribution in [0.1, 0.15) is 6.42 Å². The van der Waals surface area contributed by atoms with Gasteiger partial charge in [0.2, 0.25) is 0 Å². The summed E-state index contributed by atoms with van der Waals surface area (Å²) in [7, 11) is 0. The van der Waals surface area contributed by atoms with E-state index >= 15 is 0 Å². The third-order valence-electron chi connectivity index (χ3n) is 3.45. The second kappa shape index (κ2) is 4.51. The average molecular weight is 249 g/mol. The molecule has 3 rings (SSSR count). The summed E-state index contributed by atoms with van der Waals surface area (Å²) in [6.07, 6.45) is 3.39. The van der Waals surface area contributed by atoms with Gasteiger partial charge in [0.1, 0.15) is 12.1 Å². The van der Waals surface area contributed by atoms with Crippen LogP contribution in [0.15, 0.2) is 12.5 Å². The molecule has 0 aliphatic carbocycles. The first-order valence-electron chi connectivity index (χ1n) is 5.97. The molecule has 1 saturated heterocycles. The van der Waals surface area contributed by atoms with Gasteiger partial charge in [0.25, 0.3) is 0 Å². The first kappa shape index (κ1) is 11.4. The summed E-state index contributed by atoms with van der Waals surface area (Å²) >= 11 is 0. The number of aromatic nitrogens is 4. The summed E-state index contributed by atoms with van der Waals surface area (Å²) in [6.45, 7) is 1.29. The van der Waals surface area contributed by atoms with Crippen molar-refractivity contribution in [3.63, 3.8) is 0 Å². The molecule has 96 valence electrons. The van der Waals surface area contributed by atoms with Crippen LogP contribution in [-0.2, 0) is 0 Å². The minimum absolute atomic E-state index is 0.0166. The number of H-pyrrole nitrogens is 1. The largest absolute Gasteiger partial charge is 0.396 e. The van der Waals surface area contributed by atoms with Gasteiger partial charge in [0, 0.05) is 19.0 Å². The van der Waals surface area contributed by atoms with E-state index < -0.39 is 6.10 Å². The molecule has 2 atom stereocenters. The second-order valence-corrected chi connectivity index (χ2v) is 4.57. The molecule has 3 N–H and O–H groups in total. The fraction of sp³-hybridized carbons (Fsp3) is 0.545. The first-order chi connectivity index (χ1) is 8.79. The van der Waals surface area contributed by atoms with Crippen molar-refractivity contribution >= 4 is 16.9 Å². The Bertz CT molecular complexity index is 543. The lowest BCUT2D eigenvalue weighted by Crippen LogP contribution is -2.45. The van der Waals surface area contributed by atoms with Crippen LogP contribution in [0.3, 0.4) is 0 Å². The number of hydrogen-bond donors (Lipinski definition) is 3. The lowest BCUT2D eigenvalue weighted by Gasteiger charge is -2.36. The maximum Gasteiger partial charge on any atom is 0.160 e. The van der Waals surface area contributed by atoms with Gasteiger partial charge in [-0.1, -0.05) is 0 Å². The molecule has 1 aliphatic rings. The molecule has 2 aromatic rings. The van der Waals surface area contributed by atoms with E-state index in [0.717, 1.165) is 17.7 Å². The monoisotopic (exact) mass is 249 g/mol. The predicted octanol–water partition coefficient (Wildman–Crippen LogP) is -0.468. The quantitative estimate of drug-likeness (QED) is 0.665. The lowest BCUT2D eigenvalue weighted by molar-refractivity contribution is 0.0524. The topological polar surface area (TPSA) is 98.2 Å². The Kier molecular flexibility index (Phi) is 2.85. The van der Waals surface area contributed by atoms with E-state index in [1.165, 1.54) is 6.33 Å². The fourth-order valence-corrected chi connectivity index (χ4v) is 2.40. The predicted molar refractivity (Wildman–Crippen MR) is 65.1 cm³/mol. The summed E-state index contributed by atoms with van der Waals surface area (Å²) in [5.74, 6) is 0.676. The number of nitrogens with one attached hydrogen (secondary N) is 1. The van der Waals surface area contributed by atoms with E-state index in [1.807, 2.05) is 0 Å². The molecule has 1 aliphatic heterocycles. The lowest BCUT2D eigenvalue weighted by atomic mass is 9.95. The van der Waals surface area contributed by atoms with Gasteiger partial charge in [-0.15, -0.1) is 0 Å². The van der Waals surface area contributed by atoms with Gasteiger partial charge in [0.15, 0.2) is 5.65 Å². The number of nitrogens with zero attached hydrogens (tertiary/aromatic N) is 4. The van der Waals surface area contributed by atoms with Crippen molar-refractivity contribution < 1.29 is 10.2 Å². The standard InChI is InChI=1S/C11H15N5O2/c17-5-7-4-16(2-1-9(7)18)11-8-3-14-15-10(8)12-6-13-11/h3,6-7,9,17-18H,1-2,4-5H2,(H,12,13,14,15)/t7-,9-/m1/s1. The van der Waals surface area contributed by atoms with Crippen LogP contribution in [0.2, 0.25) is 0 Å². The highest BCUT2D eigenvalue weighted by atomic mass is 16.3. The van der Waals surface area contributed by atoms with E-state index in [9.17, 15) is 10.2 Å². The van der Waals surface area contributed by atoms with E-state index in [-0.39, 0.29) is 12.5 Å². The summed E-state index contributed by atoms with van der Waals surface area (Å²) < 4.78 is 0. The molecule has 7 heteroatoms. The van der Waals surface area contributed by atoms with Crippen molar-refractivity contribution in [2.75, 3.05) is 24.6 Å². The summed E-state index contributed by atoms with van der Waals surface area (Å²) in [5, 5.41) is 26.7. The van der Waals surface area contributed by atoms with Crippen LogP contribution >= 0.6 is 0 Å². The summed E-state index contributed by atoms with van der Waals surface area (Å²) in [6, 6.07) is 0. The van der Waals surface area contributed by atoms with Gasteiger partial charge in [0.05, 0.1) is 24.3 Å². The van der Waals surface area contributed by atoms with Crippen molar-refractivity contribution in [3.05, 3.63) is 12.5 Å². The molecule has 2 aromatic heterocycles. The van der Waals surface area contributed by atoms with Gasteiger partial charge in [-0.2, -0.15) is 5.10 Å². The van der Waals surface area contributed by atoms with E-state index in [0.29, 0.717) is 18.6 Å². The molecule has 1 fully saturated rings. The van der Waals surface area contributed by atoms with Crippen molar-refractivity contribution in [1.82, 2.24) is 20.2 Å². The molecular formula is C11H15N5O2. The average Bonchev–Trinajstić information content (AvgIpc) is 2.87. The minimum Gasteiger partial charge on any atom is -0.396 e. The Labute approximate surface area is 103 Å². The number of anilines is 1. The van der Waals surface area contributed by atoms with Crippen LogP contribution < -0.4 is 4.90 Å². The Morgan fingerprint density at radius 1 is 1.44 bits per heavy atom. The normalized spacial score (nSPS) is 24.7. The highest BCUT2D eigenvalue weighted by Gasteiger charge is 2.28. The Hall–Kier alpha value is -1.73. The van der Waals surface area contributed by atoms with Crippen molar-refractivity contribution in [3.8, 4) is 0 Å². The number of aliphatic hydroxyl groups is 2. The van der Waals surface area contributed by atoms with Gasteiger partial charge in [-0.05, 0) is 6.42 Å². The molecule has 0 saturated carbocycles. The Morgan fingerprint density at radius 2 is 2.33 bits per heavy atom. The highest BCUT2D eigenvalue weighted by Crippen LogP contribution is 2.26. The zero-order chi connectivity index (χ0) is 12.5. The summed E-state index contributed by atoms with van der Waals surface area (Å²) in [5.41, 5.74) is 0.701. The molecular weight excluding hydrogens is 234 g/mol. The SMILES string of the molecule is OC[C@H]1CN(c2ncnc3[nH]ncc23)CC[C@H]1O. The van der Waals surface area contributed by atoms with Crippen LogP contribution in [0.5, 0.6) is 0 Å². The molecule has 7 nitrogen and oxygen atoms in total. The van der Waals surface area contributed by atoms with E-state index in [4.69, 9.17) is 0 Å². The number of fused-ring (bicyclic) bond motifs is 1. The smallest absolute Gasteiger partial charge is 0.160 e. The number of piperidine rings is 1. The second-order valence-electron chi connectivity index (χ2n) is 4.57. The number of rotatable bonds is 2.